The zero-order chi connectivity index (χ0) is 6.69. The summed E-state index contributed by atoms with van der Waals surface area (Å²) in [6.07, 6.45) is 1.07. The Morgan fingerprint density at radius 1 is 1.67 bits per heavy atom. The van der Waals surface area contributed by atoms with E-state index in [-0.39, 0.29) is 12.6 Å². The molecule has 0 bridgehead atoms. The second kappa shape index (κ2) is 3.44. The zero-order valence-corrected chi connectivity index (χ0v) is 6.23. The van der Waals surface area contributed by atoms with E-state index < -0.39 is 0 Å². The summed E-state index contributed by atoms with van der Waals surface area (Å²) < 4.78 is 0. The predicted octanol–water partition coefficient (Wildman–Crippen LogP) is 0.0591. The summed E-state index contributed by atoms with van der Waals surface area (Å²) >= 11 is 1.89. The number of hydrogen-bond acceptors (Lipinski definition) is 3. The van der Waals surface area contributed by atoms with Gasteiger partial charge in [-0.25, -0.2) is 0 Å². The molecule has 1 fully saturated rings. The van der Waals surface area contributed by atoms with Gasteiger partial charge in [-0.15, -0.1) is 0 Å². The molecule has 0 spiro atoms. The molecule has 1 saturated heterocycles. The van der Waals surface area contributed by atoms with Gasteiger partial charge in [-0.3, -0.25) is 0 Å². The lowest BCUT2D eigenvalue weighted by Gasteiger charge is -2.25. The molecular formula is C6H13NOS. The van der Waals surface area contributed by atoms with Crippen LogP contribution in [0.15, 0.2) is 0 Å². The number of hydrogen-bond donors (Lipinski definition) is 2. The molecule has 0 unspecified atom stereocenters. The average molecular weight is 147 g/mol. The first-order valence-electron chi connectivity index (χ1n) is 3.28. The van der Waals surface area contributed by atoms with Crippen LogP contribution in [0.3, 0.4) is 0 Å². The number of nitrogens with two attached hydrogens (primary N) is 1. The molecular weight excluding hydrogens is 134 g/mol. The Balaban J connectivity index is 2.30. The molecule has 1 rings (SSSR count). The normalized spacial score (nSPS) is 36.7. The van der Waals surface area contributed by atoms with Crippen LogP contribution in [0.25, 0.3) is 0 Å². The zero-order valence-electron chi connectivity index (χ0n) is 5.42. The largest absolute Gasteiger partial charge is 0.396 e. The first-order chi connectivity index (χ1) is 4.34. The van der Waals surface area contributed by atoms with Gasteiger partial charge in [-0.2, -0.15) is 11.8 Å². The molecule has 0 aromatic carbocycles. The maximum atomic E-state index is 8.77. The Labute approximate surface area is 59.8 Å². The van der Waals surface area contributed by atoms with Gasteiger partial charge in [0.1, 0.15) is 0 Å². The molecule has 1 aliphatic rings. The Kier molecular flexibility index (Phi) is 2.82. The summed E-state index contributed by atoms with van der Waals surface area (Å²) in [7, 11) is 0. The molecule has 2 atom stereocenters. The highest BCUT2D eigenvalue weighted by Crippen LogP contribution is 2.20. The van der Waals surface area contributed by atoms with Crippen LogP contribution in [0.1, 0.15) is 6.42 Å². The highest BCUT2D eigenvalue weighted by molar-refractivity contribution is 7.99. The Morgan fingerprint density at radius 3 is 2.89 bits per heavy atom. The maximum Gasteiger partial charge on any atom is 0.0482 e. The minimum atomic E-state index is 0.247. The summed E-state index contributed by atoms with van der Waals surface area (Å²) in [6.45, 7) is 0.258. The molecule has 3 N–H and O–H groups in total. The second-order valence-electron chi connectivity index (χ2n) is 2.47. The van der Waals surface area contributed by atoms with Crippen molar-refractivity contribution in [3.63, 3.8) is 0 Å². The van der Waals surface area contributed by atoms with Crippen molar-refractivity contribution in [2.45, 2.75) is 12.5 Å². The monoisotopic (exact) mass is 147 g/mol. The van der Waals surface area contributed by atoms with Gasteiger partial charge >= 0.3 is 0 Å². The number of rotatable bonds is 1. The molecule has 0 aromatic rings. The third kappa shape index (κ3) is 1.85. The quantitative estimate of drug-likeness (QED) is 0.551. The van der Waals surface area contributed by atoms with E-state index in [0.717, 1.165) is 17.9 Å². The Hall–Kier alpha value is 0.270. The van der Waals surface area contributed by atoms with Gasteiger partial charge in [0.2, 0.25) is 0 Å². The Morgan fingerprint density at radius 2 is 2.44 bits per heavy atom. The van der Waals surface area contributed by atoms with Crippen molar-refractivity contribution in [3.8, 4) is 0 Å². The van der Waals surface area contributed by atoms with Crippen LogP contribution in [0.5, 0.6) is 0 Å². The van der Waals surface area contributed by atoms with E-state index in [0.29, 0.717) is 5.92 Å². The van der Waals surface area contributed by atoms with E-state index in [2.05, 4.69) is 0 Å². The van der Waals surface area contributed by atoms with Crippen molar-refractivity contribution >= 4 is 11.8 Å². The fraction of sp³-hybridized carbons (Fsp3) is 1.00. The smallest absolute Gasteiger partial charge is 0.0482 e. The van der Waals surface area contributed by atoms with Gasteiger partial charge in [0.05, 0.1) is 0 Å². The van der Waals surface area contributed by atoms with Crippen molar-refractivity contribution in [2.24, 2.45) is 11.7 Å². The minimum Gasteiger partial charge on any atom is -0.396 e. The maximum absolute atomic E-state index is 8.77. The number of thioether (sulfide) groups is 1. The molecule has 9 heavy (non-hydrogen) atoms. The summed E-state index contributed by atoms with van der Waals surface area (Å²) in [5.41, 5.74) is 5.72. The van der Waals surface area contributed by atoms with Crippen molar-refractivity contribution in [3.05, 3.63) is 0 Å². The van der Waals surface area contributed by atoms with E-state index in [1.165, 1.54) is 0 Å². The number of aliphatic hydroxyl groups is 1. The second-order valence-corrected chi connectivity index (χ2v) is 3.62. The highest BCUT2D eigenvalue weighted by atomic mass is 32.2. The van der Waals surface area contributed by atoms with Gasteiger partial charge in [0.15, 0.2) is 0 Å². The third-order valence-electron chi connectivity index (χ3n) is 1.77. The van der Waals surface area contributed by atoms with Crippen molar-refractivity contribution in [1.82, 2.24) is 0 Å². The van der Waals surface area contributed by atoms with Crippen LogP contribution in [-0.2, 0) is 0 Å². The van der Waals surface area contributed by atoms with Gasteiger partial charge in [-0.05, 0) is 17.9 Å². The first-order valence-corrected chi connectivity index (χ1v) is 4.44. The minimum absolute atomic E-state index is 0.247. The van der Waals surface area contributed by atoms with Gasteiger partial charge in [0.25, 0.3) is 0 Å². The van der Waals surface area contributed by atoms with Crippen LogP contribution in [0.4, 0.5) is 0 Å². The SMILES string of the molecule is N[C@@H]1CCSC[C@@H]1CO. The summed E-state index contributed by atoms with van der Waals surface area (Å²) in [4.78, 5) is 0. The molecule has 2 nitrogen and oxygen atoms in total. The lowest BCUT2D eigenvalue weighted by molar-refractivity contribution is 0.215. The molecule has 0 saturated carbocycles. The molecule has 54 valence electrons. The summed E-state index contributed by atoms with van der Waals surface area (Å²) in [5, 5.41) is 8.77. The van der Waals surface area contributed by atoms with Crippen LogP contribution < -0.4 is 5.73 Å². The lowest BCUT2D eigenvalue weighted by atomic mass is 10.0. The standard InChI is InChI=1S/C6H13NOS/c7-6-1-2-9-4-5(6)3-8/h5-6,8H,1-4,7H2/t5-,6+/m0/s1. The third-order valence-corrected chi connectivity index (χ3v) is 2.96. The van der Waals surface area contributed by atoms with E-state index in [4.69, 9.17) is 10.8 Å². The summed E-state index contributed by atoms with van der Waals surface area (Å²) in [5.74, 6) is 2.55. The van der Waals surface area contributed by atoms with Gasteiger partial charge in [0, 0.05) is 18.6 Å². The molecule has 3 heteroatoms. The topological polar surface area (TPSA) is 46.2 Å². The molecule has 0 aliphatic carbocycles. The number of aliphatic hydroxyl groups excluding tert-OH is 1. The van der Waals surface area contributed by atoms with Crippen LogP contribution in [0.2, 0.25) is 0 Å². The lowest BCUT2D eigenvalue weighted by Crippen LogP contribution is -2.37. The summed E-state index contributed by atoms with van der Waals surface area (Å²) in [6, 6.07) is 0.247. The van der Waals surface area contributed by atoms with Crippen LogP contribution >= 0.6 is 11.8 Å². The molecule has 0 amide bonds. The fourth-order valence-corrected chi connectivity index (χ4v) is 2.26. The van der Waals surface area contributed by atoms with E-state index >= 15 is 0 Å². The highest BCUT2D eigenvalue weighted by Gasteiger charge is 2.20. The van der Waals surface area contributed by atoms with Gasteiger partial charge < -0.3 is 10.8 Å². The van der Waals surface area contributed by atoms with Crippen LogP contribution in [0, 0.1) is 5.92 Å². The molecule has 1 aliphatic heterocycles. The molecule has 0 radical (unpaired) electrons. The van der Waals surface area contributed by atoms with E-state index in [9.17, 15) is 0 Å². The van der Waals surface area contributed by atoms with E-state index in [1.807, 2.05) is 11.8 Å². The molecule has 0 aromatic heterocycles. The van der Waals surface area contributed by atoms with Crippen molar-refractivity contribution in [1.29, 1.82) is 0 Å². The van der Waals surface area contributed by atoms with Crippen molar-refractivity contribution < 1.29 is 5.11 Å². The predicted molar refractivity (Wildman–Crippen MR) is 40.5 cm³/mol. The fourth-order valence-electron chi connectivity index (χ4n) is 1.00. The first kappa shape index (κ1) is 7.38. The van der Waals surface area contributed by atoms with E-state index in [1.54, 1.807) is 0 Å². The van der Waals surface area contributed by atoms with Crippen molar-refractivity contribution in [2.75, 3.05) is 18.1 Å². The molecule has 1 heterocycles. The van der Waals surface area contributed by atoms with Crippen LogP contribution in [-0.4, -0.2) is 29.3 Å². The average Bonchev–Trinajstić information content (AvgIpc) is 1.89. The Bertz CT molecular complexity index is 89.1. The van der Waals surface area contributed by atoms with Gasteiger partial charge in [-0.1, -0.05) is 0 Å².